The number of rotatable bonds is 3. The van der Waals surface area contributed by atoms with Gasteiger partial charge in [-0.15, -0.1) is 0 Å². The van der Waals surface area contributed by atoms with Crippen LogP contribution in [0.3, 0.4) is 0 Å². The van der Waals surface area contributed by atoms with E-state index in [9.17, 15) is 13.2 Å². The minimum Gasteiger partial charge on any atom is -0.456 e. The van der Waals surface area contributed by atoms with Crippen LogP contribution in [0.2, 0.25) is 0 Å². The lowest BCUT2D eigenvalue weighted by molar-refractivity contribution is -0.0862. The van der Waals surface area contributed by atoms with E-state index in [1.807, 2.05) is 13.8 Å². The summed E-state index contributed by atoms with van der Waals surface area (Å²) in [6.07, 6.45) is 0.857. The molecule has 118 valence electrons. The summed E-state index contributed by atoms with van der Waals surface area (Å²) < 4.78 is 38.3. The van der Waals surface area contributed by atoms with Crippen LogP contribution in [0.15, 0.2) is 20.0 Å². The standard InChI is InChI=1S/C12H14BrClO6S/c1-6-3-8(4-7(2)18-6)19-12(15)9-5-10(11(13)20-9)21(14,16)17/h5-8H,3-4H2,1-2H3. The second-order valence-corrected chi connectivity index (χ2v) is 8.20. The van der Waals surface area contributed by atoms with Crippen LogP contribution in [-0.2, 0) is 18.5 Å². The number of halogens is 2. The predicted octanol–water partition coefficient (Wildman–Crippen LogP) is 3.08. The molecule has 9 heteroatoms. The first kappa shape index (κ1) is 16.8. The molecule has 0 bridgehead atoms. The van der Waals surface area contributed by atoms with Gasteiger partial charge >= 0.3 is 5.97 Å². The molecule has 0 spiro atoms. The van der Waals surface area contributed by atoms with Crippen molar-refractivity contribution in [3.05, 3.63) is 16.5 Å². The van der Waals surface area contributed by atoms with Gasteiger partial charge in [0.1, 0.15) is 11.0 Å². The normalized spacial score (nSPS) is 26.6. The van der Waals surface area contributed by atoms with Crippen LogP contribution in [0.1, 0.15) is 37.2 Å². The summed E-state index contributed by atoms with van der Waals surface area (Å²) in [5.41, 5.74) is 0. The number of hydrogen-bond acceptors (Lipinski definition) is 6. The van der Waals surface area contributed by atoms with Crippen molar-refractivity contribution in [3.63, 3.8) is 0 Å². The number of furan rings is 1. The van der Waals surface area contributed by atoms with Crippen LogP contribution >= 0.6 is 26.6 Å². The molecule has 1 aliphatic heterocycles. The minimum atomic E-state index is -3.99. The van der Waals surface area contributed by atoms with Crippen molar-refractivity contribution in [1.29, 1.82) is 0 Å². The van der Waals surface area contributed by atoms with Gasteiger partial charge in [0, 0.05) is 29.6 Å². The molecule has 2 unspecified atom stereocenters. The second-order valence-electron chi connectivity index (χ2n) is 4.94. The lowest BCUT2D eigenvalue weighted by atomic mass is 10.0. The van der Waals surface area contributed by atoms with Gasteiger partial charge in [-0.3, -0.25) is 0 Å². The summed E-state index contributed by atoms with van der Waals surface area (Å²) in [4.78, 5) is 11.7. The highest BCUT2D eigenvalue weighted by Gasteiger charge is 2.30. The van der Waals surface area contributed by atoms with E-state index >= 15 is 0 Å². The Morgan fingerprint density at radius 1 is 1.38 bits per heavy atom. The third kappa shape index (κ3) is 4.21. The summed E-state index contributed by atoms with van der Waals surface area (Å²) in [5, 5.41) is 0. The zero-order valence-electron chi connectivity index (χ0n) is 11.3. The molecule has 0 aromatic carbocycles. The van der Waals surface area contributed by atoms with Gasteiger partial charge < -0.3 is 13.9 Å². The molecule has 1 aromatic heterocycles. The Bertz CT molecular complexity index is 630. The van der Waals surface area contributed by atoms with Crippen LogP contribution < -0.4 is 0 Å². The first-order valence-electron chi connectivity index (χ1n) is 6.27. The van der Waals surface area contributed by atoms with Crippen molar-refractivity contribution in [2.24, 2.45) is 0 Å². The quantitative estimate of drug-likeness (QED) is 0.572. The van der Waals surface area contributed by atoms with Crippen LogP contribution in [0.4, 0.5) is 0 Å². The predicted molar refractivity (Wildman–Crippen MR) is 77.9 cm³/mol. The summed E-state index contributed by atoms with van der Waals surface area (Å²) in [6, 6.07) is 1.04. The van der Waals surface area contributed by atoms with E-state index in [2.05, 4.69) is 15.9 Å². The van der Waals surface area contributed by atoms with Crippen molar-refractivity contribution in [2.45, 2.75) is 49.9 Å². The fraction of sp³-hybridized carbons (Fsp3) is 0.583. The molecular formula is C12H14BrClO6S. The molecule has 0 amide bonds. The molecule has 0 aliphatic carbocycles. The molecule has 1 aromatic rings. The molecule has 6 nitrogen and oxygen atoms in total. The lowest BCUT2D eigenvalue weighted by Gasteiger charge is -2.31. The first-order chi connectivity index (χ1) is 9.66. The van der Waals surface area contributed by atoms with Crippen LogP contribution in [-0.4, -0.2) is 32.7 Å². The zero-order valence-corrected chi connectivity index (χ0v) is 14.5. The third-order valence-electron chi connectivity index (χ3n) is 3.05. The van der Waals surface area contributed by atoms with Crippen LogP contribution in [0.25, 0.3) is 0 Å². The maximum Gasteiger partial charge on any atom is 0.374 e. The van der Waals surface area contributed by atoms with Crippen molar-refractivity contribution in [2.75, 3.05) is 0 Å². The Morgan fingerprint density at radius 2 is 1.95 bits per heavy atom. The molecule has 2 heterocycles. The molecule has 2 atom stereocenters. The van der Waals surface area contributed by atoms with Gasteiger partial charge in [0.2, 0.25) is 5.76 Å². The van der Waals surface area contributed by atoms with E-state index in [0.29, 0.717) is 12.8 Å². The summed E-state index contributed by atoms with van der Waals surface area (Å²) in [6.45, 7) is 3.80. The highest BCUT2D eigenvalue weighted by atomic mass is 79.9. The summed E-state index contributed by atoms with van der Waals surface area (Å²) >= 11 is 2.91. The van der Waals surface area contributed by atoms with Gasteiger partial charge in [0.25, 0.3) is 9.05 Å². The monoisotopic (exact) mass is 400 g/mol. The second kappa shape index (κ2) is 6.28. The maximum absolute atomic E-state index is 12.0. The van der Waals surface area contributed by atoms with Crippen LogP contribution in [0.5, 0.6) is 0 Å². The number of esters is 1. The SMILES string of the molecule is CC1CC(OC(=O)c2cc(S(=O)(=O)Cl)c(Br)o2)CC(C)O1. The third-order valence-corrected chi connectivity index (χ3v) is 5.23. The van der Waals surface area contributed by atoms with Crippen molar-refractivity contribution in [1.82, 2.24) is 0 Å². The Kier molecular flexibility index (Phi) is 5.02. The van der Waals surface area contributed by atoms with E-state index in [1.165, 1.54) is 0 Å². The number of carbonyl (C=O) groups excluding carboxylic acids is 1. The maximum atomic E-state index is 12.0. The average Bonchev–Trinajstić information content (AvgIpc) is 2.69. The van der Waals surface area contributed by atoms with Crippen molar-refractivity contribution in [3.8, 4) is 0 Å². The Morgan fingerprint density at radius 3 is 2.43 bits per heavy atom. The number of carbonyl (C=O) groups is 1. The molecular weight excluding hydrogens is 388 g/mol. The van der Waals surface area contributed by atoms with E-state index in [4.69, 9.17) is 24.6 Å². The zero-order chi connectivity index (χ0) is 15.8. The van der Waals surface area contributed by atoms with Gasteiger partial charge in [-0.2, -0.15) is 0 Å². The summed E-state index contributed by atoms with van der Waals surface area (Å²) in [5.74, 6) is -0.943. The molecule has 0 saturated carbocycles. The smallest absolute Gasteiger partial charge is 0.374 e. The van der Waals surface area contributed by atoms with Crippen LogP contribution in [0, 0.1) is 0 Å². The van der Waals surface area contributed by atoms with Gasteiger partial charge in [-0.1, -0.05) is 0 Å². The number of ether oxygens (including phenoxy) is 2. The molecule has 1 saturated heterocycles. The van der Waals surface area contributed by atoms with Gasteiger partial charge in [-0.25, -0.2) is 13.2 Å². The van der Waals surface area contributed by atoms with Gasteiger partial charge in [0.15, 0.2) is 4.67 Å². The van der Waals surface area contributed by atoms with Crippen molar-refractivity contribution < 1.29 is 27.1 Å². The van der Waals surface area contributed by atoms with Gasteiger partial charge in [0.05, 0.1) is 12.2 Å². The average molecular weight is 402 g/mol. The Balaban J connectivity index is 2.11. The Hall–Kier alpha value is -0.570. The topological polar surface area (TPSA) is 82.8 Å². The highest BCUT2D eigenvalue weighted by Crippen LogP contribution is 2.30. The molecule has 0 N–H and O–H groups in total. The van der Waals surface area contributed by atoms with E-state index < -0.39 is 15.0 Å². The summed E-state index contributed by atoms with van der Waals surface area (Å²) in [7, 11) is 1.23. The lowest BCUT2D eigenvalue weighted by Crippen LogP contribution is -2.35. The fourth-order valence-corrected chi connectivity index (χ4v) is 4.30. The number of hydrogen-bond donors (Lipinski definition) is 0. The molecule has 1 aliphatic rings. The highest BCUT2D eigenvalue weighted by molar-refractivity contribution is 9.10. The van der Waals surface area contributed by atoms with Gasteiger partial charge in [-0.05, 0) is 29.8 Å². The van der Waals surface area contributed by atoms with E-state index in [1.54, 1.807) is 0 Å². The molecule has 1 fully saturated rings. The molecule has 0 radical (unpaired) electrons. The van der Waals surface area contributed by atoms with Crippen molar-refractivity contribution >= 4 is 41.6 Å². The fourth-order valence-electron chi connectivity index (χ4n) is 2.27. The van der Waals surface area contributed by atoms with E-state index in [0.717, 1.165) is 6.07 Å². The first-order valence-corrected chi connectivity index (χ1v) is 9.37. The largest absolute Gasteiger partial charge is 0.456 e. The minimum absolute atomic E-state index is 0.00586. The molecule has 2 rings (SSSR count). The van der Waals surface area contributed by atoms with E-state index in [-0.39, 0.29) is 33.6 Å². The molecule has 21 heavy (non-hydrogen) atoms. The Labute approximate surface area is 135 Å².